The van der Waals surface area contributed by atoms with Crippen LogP contribution in [0.4, 0.5) is 32.0 Å². The summed E-state index contributed by atoms with van der Waals surface area (Å²) >= 11 is 3.42. The number of alkyl halides is 6. The van der Waals surface area contributed by atoms with Gasteiger partial charge in [-0.2, -0.15) is 26.3 Å². The van der Waals surface area contributed by atoms with E-state index in [1.165, 1.54) is 16.2 Å². The second-order valence-electron chi connectivity index (χ2n) is 16.9. The molecule has 0 bridgehead atoms. The molecule has 0 spiro atoms. The number of para-hydroxylation sites is 2. The predicted molar refractivity (Wildman–Crippen MR) is 268 cm³/mol. The summed E-state index contributed by atoms with van der Waals surface area (Å²) < 4.78 is 95.4. The minimum absolute atomic E-state index is 0.0443. The molecule has 0 aliphatic heterocycles. The Bertz CT molecular complexity index is 4330. The summed E-state index contributed by atoms with van der Waals surface area (Å²) in [6.07, 6.45) is -10.1. The van der Waals surface area contributed by atoms with Crippen LogP contribution in [0, 0.1) is 6.57 Å². The van der Waals surface area contributed by atoms with Gasteiger partial charge in [-0.1, -0.05) is 103 Å². The number of hydrogen-bond acceptors (Lipinski definition) is 2. The van der Waals surface area contributed by atoms with E-state index in [4.69, 9.17) is 6.57 Å². The van der Waals surface area contributed by atoms with Gasteiger partial charge in [-0.3, -0.25) is 0 Å². The largest absolute Gasteiger partial charge is 0.417 e. The van der Waals surface area contributed by atoms with Crippen LogP contribution in [-0.2, 0) is 12.4 Å². The van der Waals surface area contributed by atoms with Crippen LogP contribution < -0.4 is 0 Å². The Hall–Kier alpha value is -7.91. The topological polar surface area (TPSA) is 14.2 Å². The van der Waals surface area contributed by atoms with E-state index in [1.54, 1.807) is 40.9 Å². The van der Waals surface area contributed by atoms with Gasteiger partial charge in [0.2, 0.25) is 0 Å². The van der Waals surface area contributed by atoms with Crippen LogP contribution in [0.2, 0.25) is 0 Å². The summed E-state index contributed by atoms with van der Waals surface area (Å²) in [5, 5.41) is 8.64. The molecular formula is C57H29F6N3S2. The van der Waals surface area contributed by atoms with Crippen molar-refractivity contribution in [3.05, 3.63) is 198 Å². The highest BCUT2D eigenvalue weighted by Crippen LogP contribution is 2.49. The van der Waals surface area contributed by atoms with Crippen LogP contribution in [0.25, 0.3) is 122 Å². The van der Waals surface area contributed by atoms with Gasteiger partial charge in [0.25, 0.3) is 0 Å². The molecule has 9 aromatic carbocycles. The van der Waals surface area contributed by atoms with Crippen LogP contribution in [0.15, 0.2) is 176 Å². The first kappa shape index (κ1) is 40.4. The van der Waals surface area contributed by atoms with Crippen molar-refractivity contribution in [2.45, 2.75) is 12.4 Å². The van der Waals surface area contributed by atoms with E-state index in [-0.39, 0.29) is 17.3 Å². The quantitative estimate of drug-likeness (QED) is 0.123. The Kier molecular flexibility index (Phi) is 8.63. The number of aromatic nitrogens is 2. The molecular weight excluding hydrogens is 905 g/mol. The summed E-state index contributed by atoms with van der Waals surface area (Å²) in [5.41, 5.74) is 2.79. The number of nitrogens with zero attached hydrogens (tertiary/aromatic N) is 3. The van der Waals surface area contributed by atoms with Crippen LogP contribution in [0.5, 0.6) is 0 Å². The summed E-state index contributed by atoms with van der Waals surface area (Å²) in [6, 6.07) is 53.2. The van der Waals surface area contributed by atoms with Crippen LogP contribution >= 0.6 is 22.7 Å². The summed E-state index contributed by atoms with van der Waals surface area (Å²) in [4.78, 5) is 4.00. The molecule has 0 aliphatic carbocycles. The monoisotopic (exact) mass is 933 g/mol. The molecule has 11 heteroatoms. The first-order valence-corrected chi connectivity index (χ1v) is 23.2. The van der Waals surface area contributed by atoms with E-state index in [0.29, 0.717) is 22.9 Å². The fourth-order valence-corrected chi connectivity index (χ4v) is 12.8. The van der Waals surface area contributed by atoms with Crippen molar-refractivity contribution >= 4 is 112 Å². The standard InChI is InChI=1S/C57H29F6N3S2/c1-64-44-24-20-33(65-45-14-6-2-12-39(45)52-48(65)26-22-37-35-10-4-8-16-50(35)67-54(37)52)30-41(44)42-28-31(34-21-19-32(56(58,59)60)29-43(34)57(61,62)63)18-25-47(42)66-46-15-7-3-13-40(46)53-49(66)27-23-38-36-11-5-9-17-51(36)68-55(38)53/h2-30H. The Morgan fingerprint density at radius 3 is 1.57 bits per heavy atom. The molecule has 13 rings (SSSR count). The number of benzene rings is 9. The third kappa shape index (κ3) is 5.90. The third-order valence-corrected chi connectivity index (χ3v) is 15.6. The smallest absolute Gasteiger partial charge is 0.309 e. The van der Waals surface area contributed by atoms with Crippen molar-refractivity contribution in [2.75, 3.05) is 0 Å². The zero-order valence-corrected chi connectivity index (χ0v) is 36.8. The minimum atomic E-state index is -5.12. The van der Waals surface area contributed by atoms with Crippen molar-refractivity contribution in [3.63, 3.8) is 0 Å². The Balaban J connectivity index is 1.12. The van der Waals surface area contributed by atoms with Gasteiger partial charge in [0, 0.05) is 67.6 Å². The number of thiophene rings is 2. The highest BCUT2D eigenvalue weighted by molar-refractivity contribution is 7.27. The minimum Gasteiger partial charge on any atom is -0.309 e. The maximum absolute atomic E-state index is 14.9. The number of rotatable bonds is 4. The fraction of sp³-hybridized carbons (Fsp3) is 0.0351. The van der Waals surface area contributed by atoms with Gasteiger partial charge in [-0.05, 0) is 95.1 Å². The van der Waals surface area contributed by atoms with E-state index in [2.05, 4.69) is 80.7 Å². The average molecular weight is 934 g/mol. The average Bonchev–Trinajstić information content (AvgIpc) is 4.10. The molecule has 0 saturated heterocycles. The first-order valence-electron chi connectivity index (χ1n) is 21.6. The molecule has 0 atom stereocenters. The molecule has 4 aromatic heterocycles. The van der Waals surface area contributed by atoms with Gasteiger partial charge >= 0.3 is 12.4 Å². The van der Waals surface area contributed by atoms with Crippen molar-refractivity contribution in [1.29, 1.82) is 0 Å². The summed E-state index contributed by atoms with van der Waals surface area (Å²) in [6.45, 7) is 8.51. The van der Waals surface area contributed by atoms with Gasteiger partial charge in [0.05, 0.1) is 45.5 Å². The van der Waals surface area contributed by atoms with E-state index >= 15 is 0 Å². The van der Waals surface area contributed by atoms with Crippen molar-refractivity contribution in [2.24, 2.45) is 0 Å². The lowest BCUT2D eigenvalue weighted by Crippen LogP contribution is -2.12. The van der Waals surface area contributed by atoms with E-state index < -0.39 is 29.0 Å². The zero-order valence-electron chi connectivity index (χ0n) is 35.2. The number of halogens is 6. The molecule has 68 heavy (non-hydrogen) atoms. The Morgan fingerprint density at radius 2 is 0.985 bits per heavy atom. The predicted octanol–water partition coefficient (Wildman–Crippen LogP) is 18.5. The molecule has 0 unspecified atom stereocenters. The van der Waals surface area contributed by atoms with Gasteiger partial charge in [0.15, 0.2) is 5.69 Å². The van der Waals surface area contributed by atoms with E-state index in [0.717, 1.165) is 85.6 Å². The third-order valence-electron chi connectivity index (χ3n) is 13.2. The molecule has 0 radical (unpaired) electrons. The van der Waals surface area contributed by atoms with Gasteiger partial charge in [-0.25, -0.2) is 4.85 Å². The van der Waals surface area contributed by atoms with Crippen LogP contribution in [0.1, 0.15) is 11.1 Å². The summed E-state index contributed by atoms with van der Waals surface area (Å²) in [5.74, 6) is 0. The van der Waals surface area contributed by atoms with Gasteiger partial charge in [0.1, 0.15) is 0 Å². The highest BCUT2D eigenvalue weighted by atomic mass is 32.1. The van der Waals surface area contributed by atoms with Crippen molar-refractivity contribution in [1.82, 2.24) is 9.13 Å². The highest BCUT2D eigenvalue weighted by Gasteiger charge is 2.38. The summed E-state index contributed by atoms with van der Waals surface area (Å²) in [7, 11) is 0. The lowest BCUT2D eigenvalue weighted by Gasteiger charge is -2.20. The Morgan fingerprint density at radius 1 is 0.426 bits per heavy atom. The molecule has 0 fully saturated rings. The molecule has 13 aromatic rings. The van der Waals surface area contributed by atoms with Gasteiger partial charge in [-0.15, -0.1) is 22.7 Å². The lowest BCUT2D eigenvalue weighted by atomic mass is 9.92. The molecule has 0 aliphatic rings. The van der Waals surface area contributed by atoms with Crippen molar-refractivity contribution < 1.29 is 26.3 Å². The first-order chi connectivity index (χ1) is 33.0. The Labute approximate surface area is 390 Å². The number of fused-ring (bicyclic) bond motifs is 14. The molecule has 3 nitrogen and oxygen atoms in total. The number of hydrogen-bond donors (Lipinski definition) is 0. The molecule has 0 N–H and O–H groups in total. The normalized spacial score (nSPS) is 12.5. The van der Waals surface area contributed by atoms with Crippen LogP contribution in [0.3, 0.4) is 0 Å². The molecule has 326 valence electrons. The van der Waals surface area contributed by atoms with E-state index in [1.807, 2.05) is 66.7 Å². The van der Waals surface area contributed by atoms with Crippen molar-refractivity contribution in [3.8, 4) is 33.6 Å². The second kappa shape index (κ2) is 14.5. The van der Waals surface area contributed by atoms with Crippen LogP contribution in [-0.4, -0.2) is 9.13 Å². The second-order valence-corrected chi connectivity index (χ2v) is 19.0. The fourth-order valence-electron chi connectivity index (χ4n) is 10.3. The zero-order chi connectivity index (χ0) is 46.2. The van der Waals surface area contributed by atoms with Gasteiger partial charge < -0.3 is 9.13 Å². The SMILES string of the molecule is [C-]#[N+]c1ccc(-n2c3ccccc3c3c4sc5ccccc5c4ccc32)cc1-c1cc(-c2ccc(C(F)(F)F)cc2C(F)(F)F)ccc1-n1c2ccccc2c2c3sc4ccccc4c3ccc21. The molecule has 0 saturated carbocycles. The molecule has 4 heterocycles. The molecule has 0 amide bonds. The van der Waals surface area contributed by atoms with E-state index in [9.17, 15) is 26.3 Å². The maximum Gasteiger partial charge on any atom is 0.417 e. The lowest BCUT2D eigenvalue weighted by molar-refractivity contribution is -0.142. The maximum atomic E-state index is 14.9.